The number of rotatable bonds is 9. The van der Waals surface area contributed by atoms with Gasteiger partial charge in [0.25, 0.3) is 0 Å². The molecular weight excluding hydrogens is 501 g/mol. The second kappa shape index (κ2) is 12.2. The molecule has 0 aliphatic carbocycles. The molecule has 0 radical (unpaired) electrons. The summed E-state index contributed by atoms with van der Waals surface area (Å²) in [7, 11) is 5.01. The zero-order valence-electron chi connectivity index (χ0n) is 17.4. The molecule has 1 aliphatic rings. The zero-order valence-corrected chi connectivity index (χ0v) is 19.7. The van der Waals surface area contributed by atoms with Gasteiger partial charge in [0.1, 0.15) is 12.4 Å². The lowest BCUT2D eigenvalue weighted by molar-refractivity contribution is 0.173. The van der Waals surface area contributed by atoms with Gasteiger partial charge in [-0.05, 0) is 36.2 Å². The van der Waals surface area contributed by atoms with Gasteiger partial charge in [-0.25, -0.2) is 0 Å². The summed E-state index contributed by atoms with van der Waals surface area (Å²) < 4.78 is 27.0. The minimum absolute atomic E-state index is 0. The molecule has 3 rings (SSSR count). The SMILES string of the molecule is CN=C(NCCOc1ccc2c(c1)OCO2)NCCc1ccc(OC)c(OC)c1.I. The number of aliphatic imine (C=N–C) groups is 1. The van der Waals surface area contributed by atoms with Gasteiger partial charge in [0.15, 0.2) is 29.0 Å². The van der Waals surface area contributed by atoms with E-state index in [9.17, 15) is 0 Å². The van der Waals surface area contributed by atoms with Crippen molar-refractivity contribution in [1.82, 2.24) is 10.6 Å². The van der Waals surface area contributed by atoms with Crippen molar-refractivity contribution in [1.29, 1.82) is 0 Å². The largest absolute Gasteiger partial charge is 0.493 e. The van der Waals surface area contributed by atoms with Gasteiger partial charge in [-0.15, -0.1) is 24.0 Å². The Balaban J connectivity index is 0.00000320. The van der Waals surface area contributed by atoms with E-state index in [1.807, 2.05) is 36.4 Å². The first-order valence-corrected chi connectivity index (χ1v) is 9.41. The monoisotopic (exact) mass is 529 g/mol. The van der Waals surface area contributed by atoms with E-state index in [0.29, 0.717) is 18.9 Å². The number of nitrogens with one attached hydrogen (secondary N) is 2. The van der Waals surface area contributed by atoms with Crippen LogP contribution in [0.25, 0.3) is 0 Å². The third-order valence-electron chi connectivity index (χ3n) is 4.38. The molecule has 9 heteroatoms. The van der Waals surface area contributed by atoms with Gasteiger partial charge in [0.05, 0.1) is 20.8 Å². The van der Waals surface area contributed by atoms with E-state index < -0.39 is 0 Å². The van der Waals surface area contributed by atoms with Crippen LogP contribution in [0.2, 0.25) is 0 Å². The molecular formula is C21H28IN3O5. The molecule has 8 nitrogen and oxygen atoms in total. The smallest absolute Gasteiger partial charge is 0.231 e. The Morgan fingerprint density at radius 1 is 0.967 bits per heavy atom. The van der Waals surface area contributed by atoms with Gasteiger partial charge in [-0.2, -0.15) is 0 Å². The van der Waals surface area contributed by atoms with Gasteiger partial charge in [0, 0.05) is 19.7 Å². The van der Waals surface area contributed by atoms with Crippen LogP contribution in [0.3, 0.4) is 0 Å². The number of halogens is 1. The number of guanidine groups is 1. The van der Waals surface area contributed by atoms with Crippen LogP contribution >= 0.6 is 24.0 Å². The minimum Gasteiger partial charge on any atom is -0.493 e. The highest BCUT2D eigenvalue weighted by atomic mass is 127. The summed E-state index contributed by atoms with van der Waals surface area (Å²) in [4.78, 5) is 4.23. The second-order valence-electron chi connectivity index (χ2n) is 6.23. The van der Waals surface area contributed by atoms with Crippen LogP contribution in [0.15, 0.2) is 41.4 Å². The van der Waals surface area contributed by atoms with Crippen LogP contribution in [0, 0.1) is 0 Å². The Hall–Kier alpha value is -2.56. The first kappa shape index (κ1) is 23.7. The quantitative estimate of drug-likeness (QED) is 0.224. The van der Waals surface area contributed by atoms with E-state index in [-0.39, 0.29) is 30.8 Å². The molecule has 0 saturated carbocycles. The van der Waals surface area contributed by atoms with Gasteiger partial charge in [0.2, 0.25) is 6.79 Å². The number of hydrogen-bond donors (Lipinski definition) is 2. The maximum atomic E-state index is 5.74. The highest BCUT2D eigenvalue weighted by Crippen LogP contribution is 2.35. The molecule has 0 saturated heterocycles. The molecule has 0 spiro atoms. The van der Waals surface area contributed by atoms with Crippen LogP contribution in [-0.2, 0) is 6.42 Å². The lowest BCUT2D eigenvalue weighted by Crippen LogP contribution is -2.40. The van der Waals surface area contributed by atoms with E-state index in [1.165, 1.54) is 0 Å². The van der Waals surface area contributed by atoms with Crippen molar-refractivity contribution in [3.63, 3.8) is 0 Å². The maximum Gasteiger partial charge on any atom is 0.231 e. The minimum atomic E-state index is 0. The van der Waals surface area contributed by atoms with E-state index in [0.717, 1.165) is 47.5 Å². The topological polar surface area (TPSA) is 82.6 Å². The molecule has 0 aromatic heterocycles. The standard InChI is InChI=1S/C21H27N3O5.HI/c1-22-21(23-9-8-15-4-6-17(25-2)19(12-15)26-3)24-10-11-27-16-5-7-18-20(13-16)29-14-28-18;/h4-7,12-13H,8-11,14H2,1-3H3,(H2,22,23,24);1H. The van der Waals surface area contributed by atoms with E-state index in [2.05, 4.69) is 15.6 Å². The van der Waals surface area contributed by atoms with Gasteiger partial charge in [-0.3, -0.25) is 4.99 Å². The number of benzene rings is 2. The Labute approximate surface area is 193 Å². The Kier molecular flexibility index (Phi) is 9.65. The summed E-state index contributed by atoms with van der Waals surface area (Å²) in [6.07, 6.45) is 0.828. The average molecular weight is 529 g/mol. The first-order valence-electron chi connectivity index (χ1n) is 9.41. The Morgan fingerprint density at radius 3 is 2.50 bits per heavy atom. The molecule has 0 atom stereocenters. The number of hydrogen-bond acceptors (Lipinski definition) is 6. The molecule has 0 unspecified atom stereocenters. The average Bonchev–Trinajstić information content (AvgIpc) is 3.23. The molecule has 0 fully saturated rings. The van der Waals surface area contributed by atoms with Crippen LogP contribution in [0.4, 0.5) is 0 Å². The summed E-state index contributed by atoms with van der Waals surface area (Å²) in [5.41, 5.74) is 1.15. The molecule has 0 bridgehead atoms. The van der Waals surface area contributed by atoms with E-state index >= 15 is 0 Å². The summed E-state index contributed by atoms with van der Waals surface area (Å²) >= 11 is 0. The van der Waals surface area contributed by atoms with Crippen LogP contribution in [0.5, 0.6) is 28.7 Å². The highest BCUT2D eigenvalue weighted by molar-refractivity contribution is 14.0. The van der Waals surface area contributed by atoms with Gasteiger partial charge < -0.3 is 34.3 Å². The molecule has 164 valence electrons. The molecule has 1 heterocycles. The zero-order chi connectivity index (χ0) is 20.5. The van der Waals surface area contributed by atoms with Crippen LogP contribution < -0.4 is 34.3 Å². The lowest BCUT2D eigenvalue weighted by Gasteiger charge is -2.13. The number of methoxy groups -OCH3 is 2. The molecule has 2 aromatic carbocycles. The fourth-order valence-electron chi connectivity index (χ4n) is 2.89. The summed E-state index contributed by atoms with van der Waals surface area (Å²) in [5, 5.41) is 6.52. The molecule has 0 amide bonds. The number of nitrogens with zero attached hydrogens (tertiary/aromatic N) is 1. The number of fused-ring (bicyclic) bond motifs is 1. The molecule has 2 aromatic rings. The molecule has 1 aliphatic heterocycles. The van der Waals surface area contributed by atoms with Crippen molar-refractivity contribution < 1.29 is 23.7 Å². The van der Waals surface area contributed by atoms with Gasteiger partial charge >= 0.3 is 0 Å². The van der Waals surface area contributed by atoms with Crippen molar-refractivity contribution in [2.24, 2.45) is 4.99 Å². The predicted molar refractivity (Wildman–Crippen MR) is 126 cm³/mol. The third kappa shape index (κ3) is 6.48. The molecule has 30 heavy (non-hydrogen) atoms. The van der Waals surface area contributed by atoms with Crippen molar-refractivity contribution in [2.75, 3.05) is 47.8 Å². The van der Waals surface area contributed by atoms with Crippen molar-refractivity contribution >= 4 is 29.9 Å². The Morgan fingerprint density at radius 2 is 1.73 bits per heavy atom. The van der Waals surface area contributed by atoms with Crippen molar-refractivity contribution in [2.45, 2.75) is 6.42 Å². The maximum absolute atomic E-state index is 5.74. The first-order chi connectivity index (χ1) is 14.2. The van der Waals surface area contributed by atoms with E-state index in [4.69, 9.17) is 23.7 Å². The highest BCUT2D eigenvalue weighted by Gasteiger charge is 2.13. The van der Waals surface area contributed by atoms with Crippen LogP contribution in [-0.4, -0.2) is 53.7 Å². The lowest BCUT2D eigenvalue weighted by atomic mass is 10.1. The summed E-state index contributed by atoms with van der Waals surface area (Å²) in [5.74, 6) is 4.38. The normalized spacial score (nSPS) is 12.0. The Bertz CT molecular complexity index is 847. The second-order valence-corrected chi connectivity index (χ2v) is 6.23. The number of ether oxygens (including phenoxy) is 5. The van der Waals surface area contributed by atoms with Crippen molar-refractivity contribution in [3.05, 3.63) is 42.0 Å². The molecule has 2 N–H and O–H groups in total. The van der Waals surface area contributed by atoms with Crippen LogP contribution in [0.1, 0.15) is 5.56 Å². The predicted octanol–water partition coefficient (Wildman–Crippen LogP) is 2.84. The fourth-order valence-corrected chi connectivity index (χ4v) is 2.89. The summed E-state index contributed by atoms with van der Waals surface area (Å²) in [6.45, 7) is 2.10. The van der Waals surface area contributed by atoms with Gasteiger partial charge in [-0.1, -0.05) is 6.07 Å². The third-order valence-corrected chi connectivity index (χ3v) is 4.38. The fraction of sp³-hybridized carbons (Fsp3) is 0.381. The van der Waals surface area contributed by atoms with Crippen molar-refractivity contribution in [3.8, 4) is 28.7 Å². The van der Waals surface area contributed by atoms with E-state index in [1.54, 1.807) is 21.3 Å². The summed E-state index contributed by atoms with van der Waals surface area (Å²) in [6, 6.07) is 11.5.